The van der Waals surface area contributed by atoms with Crippen molar-refractivity contribution in [2.24, 2.45) is 11.8 Å². The Kier molecular flexibility index (Phi) is 11.9. The van der Waals surface area contributed by atoms with Gasteiger partial charge in [-0.05, 0) is 17.6 Å². The molecule has 25 heavy (non-hydrogen) atoms. The first-order valence-electron chi connectivity index (χ1n) is 9.31. The summed E-state index contributed by atoms with van der Waals surface area (Å²) in [6, 6.07) is 10.6. The molecule has 3 nitrogen and oxygen atoms in total. The van der Waals surface area contributed by atoms with Gasteiger partial charge in [-0.25, -0.2) is 0 Å². The number of carbonyl (C=O) groups excluding carboxylic acids is 1. The molecule has 0 aliphatic heterocycles. The van der Waals surface area contributed by atoms with Crippen LogP contribution < -0.4 is 0 Å². The van der Waals surface area contributed by atoms with E-state index in [1.54, 1.807) is 0 Å². The van der Waals surface area contributed by atoms with E-state index in [0.29, 0.717) is 11.8 Å². The van der Waals surface area contributed by atoms with Gasteiger partial charge in [0.05, 0.1) is 21.1 Å². The average molecular weight is 368 g/mol. The average Bonchev–Trinajstić information content (AvgIpc) is 2.46. The Morgan fingerprint density at radius 2 is 1.48 bits per heavy atom. The van der Waals surface area contributed by atoms with Crippen LogP contribution in [0.25, 0.3) is 0 Å². The SMILES string of the molecule is CCSC(=O)N(CC(C)C)CC(C)C.C[N+](C)(C)Cc1ccccc1. The van der Waals surface area contributed by atoms with Crippen molar-refractivity contribution in [3.63, 3.8) is 0 Å². The minimum Gasteiger partial charge on any atom is -0.333 e. The van der Waals surface area contributed by atoms with E-state index in [1.807, 2.05) is 11.8 Å². The van der Waals surface area contributed by atoms with Gasteiger partial charge in [0.25, 0.3) is 5.24 Å². The van der Waals surface area contributed by atoms with Crippen LogP contribution in [0.3, 0.4) is 0 Å². The largest absolute Gasteiger partial charge is 0.333 e. The van der Waals surface area contributed by atoms with Crippen molar-refractivity contribution in [1.29, 1.82) is 0 Å². The molecule has 1 amide bonds. The molecule has 0 spiro atoms. The van der Waals surface area contributed by atoms with Crippen LogP contribution in [0, 0.1) is 11.8 Å². The van der Waals surface area contributed by atoms with Gasteiger partial charge >= 0.3 is 0 Å². The second-order valence-electron chi connectivity index (χ2n) is 8.33. The number of quaternary nitrogens is 1. The lowest BCUT2D eigenvalue weighted by molar-refractivity contribution is -0.884. The Morgan fingerprint density at radius 3 is 1.84 bits per heavy atom. The summed E-state index contributed by atoms with van der Waals surface area (Å²) in [6.45, 7) is 13.5. The standard InChI is InChI=1S/C11H23NOS.C10H16N/c1-6-14-11(13)12(7-9(2)3)8-10(4)5;1-11(2,3)9-10-7-5-4-6-8-10/h9-10H,6-8H2,1-5H3;4-8H,9H2,1-3H3/q;+1. The molecule has 4 heteroatoms. The molecule has 0 saturated heterocycles. The molecule has 0 fully saturated rings. The number of hydrogen-bond donors (Lipinski definition) is 0. The van der Waals surface area contributed by atoms with Crippen LogP contribution in [0.5, 0.6) is 0 Å². The van der Waals surface area contributed by atoms with E-state index in [0.717, 1.165) is 29.9 Å². The van der Waals surface area contributed by atoms with Crippen LogP contribution in [-0.2, 0) is 6.54 Å². The van der Waals surface area contributed by atoms with Crippen molar-refractivity contribution in [2.75, 3.05) is 40.0 Å². The van der Waals surface area contributed by atoms with Crippen molar-refractivity contribution in [3.05, 3.63) is 35.9 Å². The zero-order valence-corrected chi connectivity index (χ0v) is 18.4. The first-order valence-corrected chi connectivity index (χ1v) is 10.3. The number of nitrogens with zero attached hydrogens (tertiary/aromatic N) is 2. The topological polar surface area (TPSA) is 20.3 Å². The summed E-state index contributed by atoms with van der Waals surface area (Å²) in [7, 11) is 6.60. The highest BCUT2D eigenvalue weighted by Crippen LogP contribution is 2.12. The molecule has 0 bridgehead atoms. The minimum atomic E-state index is 0.231. The van der Waals surface area contributed by atoms with Crippen LogP contribution in [0.4, 0.5) is 4.79 Å². The third-order valence-corrected chi connectivity index (χ3v) is 3.99. The van der Waals surface area contributed by atoms with Crippen LogP contribution in [-0.4, -0.2) is 54.6 Å². The lowest BCUT2D eigenvalue weighted by Gasteiger charge is -2.25. The number of amides is 1. The monoisotopic (exact) mass is 367 g/mol. The first-order chi connectivity index (χ1) is 11.5. The zero-order chi connectivity index (χ0) is 19.5. The predicted octanol–water partition coefficient (Wildman–Crippen LogP) is 5.37. The summed E-state index contributed by atoms with van der Waals surface area (Å²) in [4.78, 5) is 13.7. The molecule has 144 valence electrons. The zero-order valence-electron chi connectivity index (χ0n) is 17.6. The fourth-order valence-corrected chi connectivity index (χ4v) is 3.03. The Hall–Kier alpha value is -1.00. The third kappa shape index (κ3) is 13.9. The number of benzene rings is 1. The van der Waals surface area contributed by atoms with Gasteiger partial charge in [0.2, 0.25) is 0 Å². The number of hydrogen-bond acceptors (Lipinski definition) is 2. The molecule has 0 unspecified atom stereocenters. The van der Waals surface area contributed by atoms with E-state index in [4.69, 9.17) is 0 Å². The Morgan fingerprint density at radius 1 is 1.00 bits per heavy atom. The molecule has 0 aliphatic carbocycles. The highest BCUT2D eigenvalue weighted by molar-refractivity contribution is 8.13. The molecule has 1 rings (SSSR count). The summed E-state index contributed by atoms with van der Waals surface area (Å²) < 4.78 is 0.990. The van der Waals surface area contributed by atoms with Crippen LogP contribution in [0.15, 0.2) is 30.3 Å². The maximum Gasteiger partial charge on any atom is 0.281 e. The van der Waals surface area contributed by atoms with Crippen LogP contribution in [0.1, 0.15) is 40.2 Å². The maximum absolute atomic E-state index is 11.7. The van der Waals surface area contributed by atoms with Crippen LogP contribution >= 0.6 is 11.8 Å². The lowest BCUT2D eigenvalue weighted by Crippen LogP contribution is -2.34. The van der Waals surface area contributed by atoms with Crippen LogP contribution in [0.2, 0.25) is 0 Å². The Bertz CT molecular complexity index is 457. The van der Waals surface area contributed by atoms with Crippen molar-refractivity contribution in [1.82, 2.24) is 4.90 Å². The highest BCUT2D eigenvalue weighted by atomic mass is 32.2. The molecular formula is C21H39N2OS+. The van der Waals surface area contributed by atoms with Crippen molar-refractivity contribution < 1.29 is 9.28 Å². The van der Waals surface area contributed by atoms with E-state index < -0.39 is 0 Å². The lowest BCUT2D eigenvalue weighted by atomic mass is 10.1. The molecular weight excluding hydrogens is 328 g/mol. The van der Waals surface area contributed by atoms with E-state index in [2.05, 4.69) is 79.2 Å². The van der Waals surface area contributed by atoms with Crippen molar-refractivity contribution in [3.8, 4) is 0 Å². The maximum atomic E-state index is 11.7. The second-order valence-corrected chi connectivity index (χ2v) is 9.54. The summed E-state index contributed by atoms with van der Waals surface area (Å²) in [5.41, 5.74) is 1.40. The molecule has 1 aromatic carbocycles. The number of rotatable bonds is 7. The van der Waals surface area contributed by atoms with Gasteiger partial charge in [0.1, 0.15) is 6.54 Å². The number of carbonyl (C=O) groups is 1. The summed E-state index contributed by atoms with van der Waals surface area (Å²) in [5, 5.41) is 0.231. The fraction of sp³-hybridized carbons (Fsp3) is 0.667. The van der Waals surface area contributed by atoms with Gasteiger partial charge in [-0.2, -0.15) is 0 Å². The van der Waals surface area contributed by atoms with Gasteiger partial charge in [-0.3, -0.25) is 4.79 Å². The Labute approximate surface area is 160 Å². The van der Waals surface area contributed by atoms with Gasteiger partial charge in [-0.15, -0.1) is 0 Å². The van der Waals surface area contributed by atoms with Gasteiger partial charge in [0, 0.05) is 18.7 Å². The normalized spacial score (nSPS) is 11.3. The van der Waals surface area contributed by atoms with E-state index in [1.165, 1.54) is 17.3 Å². The molecule has 1 aromatic rings. The summed E-state index contributed by atoms with van der Waals surface area (Å²) >= 11 is 1.41. The third-order valence-electron chi connectivity index (χ3n) is 3.20. The predicted molar refractivity (Wildman–Crippen MR) is 113 cm³/mol. The molecule has 0 saturated carbocycles. The first kappa shape index (κ1) is 24.0. The van der Waals surface area contributed by atoms with Gasteiger partial charge in [0.15, 0.2) is 0 Å². The molecule has 0 N–H and O–H groups in total. The van der Waals surface area contributed by atoms with E-state index >= 15 is 0 Å². The molecule has 0 aromatic heterocycles. The summed E-state index contributed by atoms with van der Waals surface area (Å²) in [5.74, 6) is 1.97. The van der Waals surface area contributed by atoms with Crippen molar-refractivity contribution in [2.45, 2.75) is 41.2 Å². The Balaban J connectivity index is 0.000000472. The molecule has 0 radical (unpaired) electrons. The van der Waals surface area contributed by atoms with Gasteiger partial charge in [-0.1, -0.05) is 76.7 Å². The minimum absolute atomic E-state index is 0.231. The molecule has 0 heterocycles. The number of thioether (sulfide) groups is 1. The highest BCUT2D eigenvalue weighted by Gasteiger charge is 2.15. The fourth-order valence-electron chi connectivity index (χ4n) is 2.45. The smallest absolute Gasteiger partial charge is 0.281 e. The van der Waals surface area contributed by atoms with Gasteiger partial charge < -0.3 is 9.38 Å². The van der Waals surface area contributed by atoms with Crippen molar-refractivity contribution >= 4 is 17.0 Å². The second kappa shape index (κ2) is 12.4. The molecule has 0 atom stereocenters. The summed E-state index contributed by atoms with van der Waals surface area (Å²) in [6.07, 6.45) is 0. The van der Waals surface area contributed by atoms with E-state index in [9.17, 15) is 4.79 Å². The molecule has 0 aliphatic rings. The quantitative estimate of drug-likeness (QED) is 0.604. The van der Waals surface area contributed by atoms with E-state index in [-0.39, 0.29) is 5.24 Å².